The van der Waals surface area contributed by atoms with Gasteiger partial charge in [-0.1, -0.05) is 0 Å². The maximum Gasteiger partial charge on any atom is 0.326 e. The van der Waals surface area contributed by atoms with Gasteiger partial charge in [-0.25, -0.2) is 29.1 Å². The first kappa shape index (κ1) is 53.0. The Hall–Kier alpha value is -8.18. The lowest BCUT2D eigenvalue weighted by Crippen LogP contribution is -2.51. The zero-order valence-corrected chi connectivity index (χ0v) is 34.0. The highest BCUT2D eigenvalue weighted by Crippen LogP contribution is 2.13. The van der Waals surface area contributed by atoms with Crippen LogP contribution >= 0.6 is 0 Å². The van der Waals surface area contributed by atoms with Crippen molar-refractivity contribution in [1.29, 1.82) is 0 Å². The van der Waals surface area contributed by atoms with Crippen molar-refractivity contribution in [3.63, 3.8) is 0 Å². The lowest BCUT2D eigenvalue weighted by molar-refractivity contribution is -0.150. The Labute approximate surface area is 365 Å². The van der Waals surface area contributed by atoms with Crippen molar-refractivity contribution in [2.24, 2.45) is 0 Å². The van der Waals surface area contributed by atoms with Crippen molar-refractivity contribution >= 4 is 71.5 Å². The highest BCUT2D eigenvalue weighted by molar-refractivity contribution is 5.88. The van der Waals surface area contributed by atoms with Gasteiger partial charge in [0.25, 0.3) is 0 Å². The summed E-state index contributed by atoms with van der Waals surface area (Å²) in [5.74, 6) is -14.9. The Bertz CT molecular complexity index is 1980. The van der Waals surface area contributed by atoms with E-state index in [-0.39, 0.29) is 31.3 Å². The summed E-state index contributed by atoms with van der Waals surface area (Å²) < 4.78 is 2.47. The largest absolute Gasteiger partial charge is 0.481 e. The van der Waals surface area contributed by atoms with Gasteiger partial charge in [0.05, 0.1) is 13.1 Å². The number of carbonyl (C=O) groups excluding carboxylic acids is 4. The highest BCUT2D eigenvalue weighted by Gasteiger charge is 2.29. The number of imidazole rings is 2. The molecule has 0 spiro atoms. The van der Waals surface area contributed by atoms with Gasteiger partial charge >= 0.3 is 53.8 Å². The molecule has 2 aromatic heterocycles. The Morgan fingerprint density at radius 1 is 0.508 bits per heavy atom. The van der Waals surface area contributed by atoms with E-state index in [1.807, 2.05) is 10.6 Å². The number of nitrogens with one attached hydrogen (secondary N) is 3. The molecule has 0 aliphatic heterocycles. The molecule has 0 aliphatic rings. The van der Waals surface area contributed by atoms with E-state index < -0.39 is 161 Å². The standard InChI is InChI=1S/C35H46N10O20/c46-24(3-1-19(32(59)60)39-35(65)40-20(33(61)62)2-4-27(49)50)38-21(34(63)64)5-8-41(11-22-36-6-9-42(22)13-25(47)44(15-28(51)52)16-29(53)54)12-23-37-7-10-43(23)14-26(48)45(17-30(55)56)18-31(57)58/h6-7,9-10,19-21H,1-5,8,11-18H2,(H,38,46)(H,49,50)(H,51,52)(H,53,54)(H,55,56)(H,57,58)(H,59,60)(H,61,62)(H,63,64)(H2,39,40,65)/t19-,20-,21?/m0/s1. The molecule has 0 fully saturated rings. The zero-order valence-electron chi connectivity index (χ0n) is 34.0. The fourth-order valence-corrected chi connectivity index (χ4v) is 5.75. The van der Waals surface area contributed by atoms with Crippen LogP contribution in [0, 0.1) is 0 Å². The van der Waals surface area contributed by atoms with Crippen molar-refractivity contribution in [3.05, 3.63) is 36.4 Å². The monoisotopic (exact) mass is 926 g/mol. The SMILES string of the molecule is O=C(O)CC[C@H](NC(=O)N[C@@H](CCC(=O)NC(CCN(Cc1nccn1CC(=O)N(CC(=O)O)CC(=O)O)Cc1nccn1CC(=O)N(CC(=O)O)CC(=O)O)C(=O)O)C(=O)O)C(=O)O. The topological polar surface area (TPSA) is 448 Å². The molecule has 30 nitrogen and oxygen atoms in total. The molecule has 2 rings (SSSR count). The Morgan fingerprint density at radius 3 is 1.23 bits per heavy atom. The van der Waals surface area contributed by atoms with Crippen molar-refractivity contribution in [3.8, 4) is 0 Å². The maximum absolute atomic E-state index is 13.0. The van der Waals surface area contributed by atoms with Gasteiger partial charge < -0.3 is 75.7 Å². The molecule has 30 heteroatoms. The third kappa shape index (κ3) is 19.6. The molecule has 0 saturated carbocycles. The van der Waals surface area contributed by atoms with Crippen LogP contribution in [0.1, 0.15) is 43.8 Å². The lowest BCUT2D eigenvalue weighted by Gasteiger charge is -2.25. The average Bonchev–Trinajstić information content (AvgIpc) is 3.82. The fourth-order valence-electron chi connectivity index (χ4n) is 5.75. The Kier molecular flexibility index (Phi) is 20.9. The zero-order chi connectivity index (χ0) is 49.0. The van der Waals surface area contributed by atoms with Gasteiger partial charge in [-0.3, -0.25) is 43.3 Å². The number of carboxylic acids is 8. The van der Waals surface area contributed by atoms with Crippen LogP contribution in [0.3, 0.4) is 0 Å². The summed E-state index contributed by atoms with van der Waals surface area (Å²) in [6.45, 7) is -5.82. The number of rotatable bonds is 31. The van der Waals surface area contributed by atoms with E-state index in [0.717, 1.165) is 0 Å². The van der Waals surface area contributed by atoms with E-state index in [0.29, 0.717) is 9.80 Å². The van der Waals surface area contributed by atoms with Crippen molar-refractivity contribution in [2.75, 3.05) is 32.7 Å². The summed E-state index contributed by atoms with van der Waals surface area (Å²) in [5, 5.41) is 80.5. The number of aliphatic carboxylic acids is 8. The van der Waals surface area contributed by atoms with E-state index in [4.69, 9.17) is 5.11 Å². The van der Waals surface area contributed by atoms with E-state index in [2.05, 4.69) is 15.3 Å². The van der Waals surface area contributed by atoms with Gasteiger partial charge in [-0.15, -0.1) is 0 Å². The van der Waals surface area contributed by atoms with Crippen LogP contribution < -0.4 is 16.0 Å². The van der Waals surface area contributed by atoms with E-state index >= 15 is 0 Å². The summed E-state index contributed by atoms with van der Waals surface area (Å²) in [5.41, 5.74) is 0. The first-order chi connectivity index (χ1) is 30.4. The van der Waals surface area contributed by atoms with Crippen LogP contribution in [0.5, 0.6) is 0 Å². The Balaban J connectivity index is 2.33. The second-order valence-electron chi connectivity index (χ2n) is 13.8. The molecular weight excluding hydrogens is 880 g/mol. The number of hydrogen-bond donors (Lipinski definition) is 11. The molecule has 3 atom stereocenters. The first-order valence-electron chi connectivity index (χ1n) is 18.9. The van der Waals surface area contributed by atoms with E-state index in [1.165, 1.54) is 38.8 Å². The summed E-state index contributed by atoms with van der Waals surface area (Å²) in [7, 11) is 0. The molecule has 5 amide bonds. The van der Waals surface area contributed by atoms with Crippen LogP contribution in [0.15, 0.2) is 24.8 Å². The molecule has 0 aromatic carbocycles. The molecule has 65 heavy (non-hydrogen) atoms. The Morgan fingerprint density at radius 2 is 0.877 bits per heavy atom. The van der Waals surface area contributed by atoms with Gasteiger partial charge in [-0.05, 0) is 19.3 Å². The van der Waals surface area contributed by atoms with Gasteiger partial charge in [-0.2, -0.15) is 0 Å². The van der Waals surface area contributed by atoms with Gasteiger partial charge in [0.2, 0.25) is 17.7 Å². The molecule has 0 saturated heterocycles. The average molecular weight is 927 g/mol. The summed E-state index contributed by atoms with van der Waals surface area (Å²) in [6, 6.07) is -6.51. The minimum Gasteiger partial charge on any atom is -0.481 e. The van der Waals surface area contributed by atoms with Crippen LogP contribution in [-0.4, -0.2) is 197 Å². The molecule has 2 heterocycles. The number of hydrogen-bond acceptors (Lipinski definition) is 15. The number of amides is 5. The number of urea groups is 1. The molecule has 356 valence electrons. The minimum absolute atomic E-state index is 0.0796. The molecule has 0 bridgehead atoms. The van der Waals surface area contributed by atoms with E-state index in [1.54, 1.807) is 0 Å². The smallest absolute Gasteiger partial charge is 0.326 e. The number of aromatic nitrogens is 4. The van der Waals surface area contributed by atoms with Crippen LogP contribution in [-0.2, 0) is 78.9 Å². The molecule has 11 N–H and O–H groups in total. The predicted octanol–water partition coefficient (Wildman–Crippen LogP) is -4.11. The number of carbonyl (C=O) groups is 12. The summed E-state index contributed by atoms with van der Waals surface area (Å²) in [4.78, 5) is 154. The van der Waals surface area contributed by atoms with Crippen molar-refractivity contribution in [1.82, 2.24) is 49.8 Å². The third-order valence-corrected chi connectivity index (χ3v) is 8.84. The van der Waals surface area contributed by atoms with Crippen LogP contribution in [0.2, 0.25) is 0 Å². The second kappa shape index (κ2) is 25.7. The lowest BCUT2D eigenvalue weighted by atomic mass is 10.1. The minimum atomic E-state index is -1.81. The highest BCUT2D eigenvalue weighted by atomic mass is 16.4. The molecule has 2 aromatic rings. The third-order valence-electron chi connectivity index (χ3n) is 8.84. The quantitative estimate of drug-likeness (QED) is 0.0342. The molecular formula is C35H46N10O20. The van der Waals surface area contributed by atoms with Crippen molar-refractivity contribution in [2.45, 2.75) is 76.4 Å². The second-order valence-corrected chi connectivity index (χ2v) is 13.8. The van der Waals surface area contributed by atoms with Crippen LogP contribution in [0.25, 0.3) is 0 Å². The molecule has 0 radical (unpaired) electrons. The molecule has 1 unspecified atom stereocenters. The maximum atomic E-state index is 13.0. The predicted molar refractivity (Wildman–Crippen MR) is 207 cm³/mol. The fraction of sp³-hybridized carbons (Fsp3) is 0.486. The van der Waals surface area contributed by atoms with Gasteiger partial charge in [0, 0.05) is 44.2 Å². The van der Waals surface area contributed by atoms with Crippen molar-refractivity contribution < 1.29 is 98.4 Å². The van der Waals surface area contributed by atoms with Crippen LogP contribution in [0.4, 0.5) is 4.79 Å². The number of carboxylic acid groups (broad SMARTS) is 8. The van der Waals surface area contributed by atoms with Gasteiger partial charge in [0.15, 0.2) is 0 Å². The van der Waals surface area contributed by atoms with E-state index in [9.17, 15) is 93.3 Å². The number of nitrogens with zero attached hydrogens (tertiary/aromatic N) is 7. The molecule has 0 aliphatic carbocycles. The first-order valence-corrected chi connectivity index (χ1v) is 18.9. The normalized spacial score (nSPS) is 12.2. The summed E-state index contributed by atoms with van der Waals surface area (Å²) in [6.07, 6.45) is 2.18. The van der Waals surface area contributed by atoms with Gasteiger partial charge in [0.1, 0.15) is 69.0 Å². The summed E-state index contributed by atoms with van der Waals surface area (Å²) >= 11 is 0.